The zero-order chi connectivity index (χ0) is 14.1. The van der Waals surface area contributed by atoms with Gasteiger partial charge in [-0.15, -0.1) is 0 Å². The first-order valence-corrected chi connectivity index (χ1v) is 6.85. The summed E-state index contributed by atoms with van der Waals surface area (Å²) >= 11 is 0. The summed E-state index contributed by atoms with van der Waals surface area (Å²) in [5, 5.41) is 6.01. The van der Waals surface area contributed by atoms with Gasteiger partial charge in [0, 0.05) is 11.7 Å². The van der Waals surface area contributed by atoms with E-state index in [-0.39, 0.29) is 5.91 Å². The summed E-state index contributed by atoms with van der Waals surface area (Å²) in [6.45, 7) is 6.63. The summed E-state index contributed by atoms with van der Waals surface area (Å²) in [5.74, 6) is 0.00316. The van der Waals surface area contributed by atoms with Gasteiger partial charge < -0.3 is 15.5 Å². The van der Waals surface area contributed by atoms with Gasteiger partial charge in [-0.2, -0.15) is 0 Å². The number of hydrogen-bond acceptors (Lipinski definition) is 3. The van der Waals surface area contributed by atoms with E-state index in [0.29, 0.717) is 12.6 Å². The molecular weight excluding hydrogens is 238 g/mol. The highest BCUT2D eigenvalue weighted by Crippen LogP contribution is 2.03. The Kier molecular flexibility index (Phi) is 7.15. The minimum absolute atomic E-state index is 0.00316. The first-order valence-electron chi connectivity index (χ1n) is 6.85. The fourth-order valence-electron chi connectivity index (χ4n) is 1.64. The summed E-state index contributed by atoms with van der Waals surface area (Å²) in [6.07, 6.45) is 1.05. The molecule has 4 nitrogen and oxygen atoms in total. The zero-order valence-corrected chi connectivity index (χ0v) is 12.1. The van der Waals surface area contributed by atoms with Crippen LogP contribution in [0.1, 0.15) is 20.3 Å². The van der Waals surface area contributed by atoms with E-state index in [2.05, 4.69) is 36.4 Å². The quantitative estimate of drug-likeness (QED) is 0.705. The first-order chi connectivity index (χ1) is 9.09. The molecule has 106 valence electrons. The monoisotopic (exact) mass is 263 g/mol. The van der Waals surface area contributed by atoms with Gasteiger partial charge in [-0.3, -0.25) is 4.79 Å². The van der Waals surface area contributed by atoms with Crippen LogP contribution in [0.5, 0.6) is 0 Å². The molecule has 1 aromatic carbocycles. The maximum atomic E-state index is 11.6. The Labute approximate surface area is 116 Å². The fraction of sp³-hybridized carbons (Fsp3) is 0.533. The molecule has 1 amide bonds. The van der Waals surface area contributed by atoms with E-state index in [1.165, 1.54) is 0 Å². The van der Waals surface area contributed by atoms with E-state index < -0.39 is 0 Å². The van der Waals surface area contributed by atoms with Crippen molar-refractivity contribution in [2.24, 2.45) is 0 Å². The predicted octanol–water partition coefficient (Wildman–Crippen LogP) is 1.94. The van der Waals surface area contributed by atoms with Gasteiger partial charge >= 0.3 is 0 Å². The number of nitrogens with zero attached hydrogens (tertiary/aromatic N) is 1. The molecule has 0 aliphatic heterocycles. The average molecular weight is 263 g/mol. The van der Waals surface area contributed by atoms with Gasteiger partial charge in [-0.1, -0.05) is 18.2 Å². The second kappa shape index (κ2) is 8.67. The Bertz CT molecular complexity index is 365. The van der Waals surface area contributed by atoms with Crippen LogP contribution in [-0.2, 0) is 4.79 Å². The van der Waals surface area contributed by atoms with Crippen molar-refractivity contribution in [1.82, 2.24) is 10.2 Å². The van der Waals surface area contributed by atoms with Crippen LogP contribution >= 0.6 is 0 Å². The van der Waals surface area contributed by atoms with Gasteiger partial charge in [0.15, 0.2) is 0 Å². The number of benzene rings is 1. The average Bonchev–Trinajstić information content (AvgIpc) is 2.39. The molecule has 0 radical (unpaired) electrons. The second-order valence-corrected chi connectivity index (χ2v) is 5.02. The van der Waals surface area contributed by atoms with E-state index in [4.69, 9.17) is 0 Å². The highest BCUT2D eigenvalue weighted by Gasteiger charge is 2.03. The normalized spacial score (nSPS) is 11.0. The molecule has 0 unspecified atom stereocenters. The first kappa shape index (κ1) is 15.7. The summed E-state index contributed by atoms with van der Waals surface area (Å²) in [7, 11) is 2.12. The standard InChI is InChI=1S/C15H25N3O/c1-13(2)18(3)11-7-10-16-12-15(19)17-14-8-5-4-6-9-14/h4-6,8-9,13,16H,7,10-12H2,1-3H3,(H,17,19). The Morgan fingerprint density at radius 2 is 1.95 bits per heavy atom. The number of hydrogen-bond donors (Lipinski definition) is 2. The van der Waals surface area contributed by atoms with Crippen molar-refractivity contribution in [3.05, 3.63) is 30.3 Å². The third-order valence-corrected chi connectivity index (χ3v) is 3.09. The number of anilines is 1. The molecular formula is C15H25N3O. The van der Waals surface area contributed by atoms with Crippen LogP contribution in [-0.4, -0.2) is 43.5 Å². The van der Waals surface area contributed by atoms with Gasteiger partial charge in [0.05, 0.1) is 6.54 Å². The predicted molar refractivity (Wildman–Crippen MR) is 80.3 cm³/mol. The lowest BCUT2D eigenvalue weighted by molar-refractivity contribution is -0.115. The lowest BCUT2D eigenvalue weighted by atomic mass is 10.3. The highest BCUT2D eigenvalue weighted by molar-refractivity contribution is 5.92. The Hall–Kier alpha value is -1.39. The Morgan fingerprint density at radius 3 is 2.58 bits per heavy atom. The Morgan fingerprint density at radius 1 is 1.26 bits per heavy atom. The molecule has 0 aliphatic rings. The number of carbonyl (C=O) groups excluding carboxylic acids is 1. The van der Waals surface area contributed by atoms with E-state index >= 15 is 0 Å². The largest absolute Gasteiger partial charge is 0.325 e. The van der Waals surface area contributed by atoms with E-state index in [1.54, 1.807) is 0 Å². The van der Waals surface area contributed by atoms with Crippen LogP contribution in [0.25, 0.3) is 0 Å². The molecule has 19 heavy (non-hydrogen) atoms. The fourth-order valence-corrected chi connectivity index (χ4v) is 1.64. The molecule has 0 saturated heterocycles. The van der Waals surface area contributed by atoms with Crippen LogP contribution in [0.2, 0.25) is 0 Å². The lowest BCUT2D eigenvalue weighted by Crippen LogP contribution is -2.32. The van der Waals surface area contributed by atoms with Crippen LogP contribution in [0.4, 0.5) is 5.69 Å². The molecule has 0 fully saturated rings. The van der Waals surface area contributed by atoms with Gasteiger partial charge in [0.25, 0.3) is 0 Å². The van der Waals surface area contributed by atoms with Crippen LogP contribution in [0.15, 0.2) is 30.3 Å². The number of para-hydroxylation sites is 1. The minimum Gasteiger partial charge on any atom is -0.325 e. The number of carbonyl (C=O) groups is 1. The second-order valence-electron chi connectivity index (χ2n) is 5.02. The van der Waals surface area contributed by atoms with Gasteiger partial charge in [-0.25, -0.2) is 0 Å². The van der Waals surface area contributed by atoms with Crippen molar-refractivity contribution >= 4 is 11.6 Å². The minimum atomic E-state index is 0.00316. The van der Waals surface area contributed by atoms with Gasteiger partial charge in [0.1, 0.15) is 0 Å². The topological polar surface area (TPSA) is 44.4 Å². The van der Waals surface area contributed by atoms with Crippen molar-refractivity contribution in [3.63, 3.8) is 0 Å². The molecule has 0 bridgehead atoms. The molecule has 2 N–H and O–H groups in total. The SMILES string of the molecule is CC(C)N(C)CCCNCC(=O)Nc1ccccc1. The van der Waals surface area contributed by atoms with Crippen LogP contribution in [0, 0.1) is 0 Å². The van der Waals surface area contributed by atoms with E-state index in [9.17, 15) is 4.79 Å². The molecule has 0 atom stereocenters. The number of rotatable bonds is 8. The van der Waals surface area contributed by atoms with Crippen molar-refractivity contribution in [1.29, 1.82) is 0 Å². The van der Waals surface area contributed by atoms with Gasteiger partial charge in [0.2, 0.25) is 5.91 Å². The van der Waals surface area contributed by atoms with E-state index in [0.717, 1.165) is 25.2 Å². The summed E-state index contributed by atoms with van der Waals surface area (Å²) in [4.78, 5) is 13.9. The maximum Gasteiger partial charge on any atom is 0.238 e. The maximum absolute atomic E-state index is 11.6. The summed E-state index contributed by atoms with van der Waals surface area (Å²) in [6, 6.07) is 10.1. The lowest BCUT2D eigenvalue weighted by Gasteiger charge is -2.20. The summed E-state index contributed by atoms with van der Waals surface area (Å²) in [5.41, 5.74) is 0.842. The molecule has 1 rings (SSSR count). The molecule has 0 aliphatic carbocycles. The third kappa shape index (κ3) is 6.94. The number of nitrogens with one attached hydrogen (secondary N) is 2. The van der Waals surface area contributed by atoms with Crippen molar-refractivity contribution in [2.75, 3.05) is 32.0 Å². The van der Waals surface area contributed by atoms with Crippen LogP contribution < -0.4 is 10.6 Å². The van der Waals surface area contributed by atoms with Crippen LogP contribution in [0.3, 0.4) is 0 Å². The molecule has 0 aromatic heterocycles. The van der Waals surface area contributed by atoms with Crippen molar-refractivity contribution < 1.29 is 4.79 Å². The third-order valence-electron chi connectivity index (χ3n) is 3.09. The van der Waals surface area contributed by atoms with E-state index in [1.807, 2.05) is 30.3 Å². The Balaban J connectivity index is 2.08. The smallest absolute Gasteiger partial charge is 0.238 e. The summed E-state index contributed by atoms with van der Waals surface area (Å²) < 4.78 is 0. The zero-order valence-electron chi connectivity index (χ0n) is 12.1. The van der Waals surface area contributed by atoms with Gasteiger partial charge in [-0.05, 0) is 52.5 Å². The molecule has 0 heterocycles. The van der Waals surface area contributed by atoms with Crippen molar-refractivity contribution in [3.8, 4) is 0 Å². The molecule has 4 heteroatoms. The molecule has 0 spiro atoms. The van der Waals surface area contributed by atoms with Crippen molar-refractivity contribution in [2.45, 2.75) is 26.3 Å². The molecule has 1 aromatic rings. The number of amides is 1. The highest BCUT2D eigenvalue weighted by atomic mass is 16.1. The molecule has 0 saturated carbocycles.